The number of thiophene rings is 1. The van der Waals surface area contributed by atoms with Crippen LogP contribution in [0.3, 0.4) is 0 Å². The van der Waals surface area contributed by atoms with E-state index in [2.05, 4.69) is 149 Å². The van der Waals surface area contributed by atoms with Crippen LogP contribution in [0.2, 0.25) is 0 Å². The largest absolute Gasteiger partial charge is 0.372 e. The molecule has 258 valence electrons. The molecule has 0 saturated heterocycles. The number of pyridine rings is 3. The lowest BCUT2D eigenvalue weighted by Gasteiger charge is -2.31. The Kier molecular flexibility index (Phi) is 7.39. The molecule has 1 atom stereocenters. The van der Waals surface area contributed by atoms with Gasteiger partial charge >= 0.3 is 0 Å². The highest BCUT2D eigenvalue weighted by molar-refractivity contribution is 7.19. The molecule has 0 bridgehead atoms. The normalized spacial score (nSPS) is 13.4. The van der Waals surface area contributed by atoms with E-state index in [0.29, 0.717) is 0 Å². The number of hydrogen-bond donors (Lipinski definition) is 1. The van der Waals surface area contributed by atoms with Gasteiger partial charge in [0.25, 0.3) is 0 Å². The third kappa shape index (κ3) is 5.31. The van der Waals surface area contributed by atoms with Gasteiger partial charge < -0.3 is 5.32 Å². The molecule has 0 amide bonds. The Morgan fingerprint density at radius 1 is 0.455 bits per heavy atom. The molecule has 4 nitrogen and oxygen atoms in total. The van der Waals surface area contributed by atoms with Crippen molar-refractivity contribution >= 4 is 48.7 Å². The first-order valence-corrected chi connectivity index (χ1v) is 19.4. The highest BCUT2D eigenvalue weighted by Crippen LogP contribution is 2.54. The van der Waals surface area contributed by atoms with Gasteiger partial charge in [0, 0.05) is 44.0 Å². The van der Waals surface area contributed by atoms with E-state index in [1.807, 2.05) is 60.1 Å². The topological polar surface area (TPSA) is 50.7 Å². The van der Waals surface area contributed by atoms with E-state index < -0.39 is 0 Å². The summed E-state index contributed by atoms with van der Waals surface area (Å²) in [6, 6.07) is 60.6. The highest BCUT2D eigenvalue weighted by atomic mass is 32.1. The van der Waals surface area contributed by atoms with Gasteiger partial charge in [0.05, 0.1) is 34.5 Å². The predicted molar refractivity (Wildman–Crippen MR) is 229 cm³/mol. The molecular weight excluding hydrogens is 689 g/mol. The third-order valence-corrected chi connectivity index (χ3v) is 12.1. The average Bonchev–Trinajstić information content (AvgIpc) is 3.66. The summed E-state index contributed by atoms with van der Waals surface area (Å²) in [6.07, 6.45) is 3.62. The molecule has 0 aliphatic carbocycles. The second kappa shape index (κ2) is 12.9. The molecule has 0 fully saturated rings. The average molecular weight is 721 g/mol. The van der Waals surface area contributed by atoms with Crippen molar-refractivity contribution in [3.8, 4) is 56.2 Å². The summed E-state index contributed by atoms with van der Waals surface area (Å²) >= 11 is 1.90. The zero-order chi connectivity index (χ0) is 36.3. The molecule has 0 saturated carbocycles. The van der Waals surface area contributed by atoms with Gasteiger partial charge in [-0.15, -0.1) is 11.3 Å². The van der Waals surface area contributed by atoms with Crippen molar-refractivity contribution < 1.29 is 0 Å². The summed E-state index contributed by atoms with van der Waals surface area (Å²) in [6.45, 7) is 0. The van der Waals surface area contributed by atoms with E-state index in [0.717, 1.165) is 45.2 Å². The number of anilines is 1. The Balaban J connectivity index is 1.06. The number of nitrogens with zero attached hydrogens (tertiary/aromatic N) is 3. The predicted octanol–water partition coefficient (Wildman–Crippen LogP) is 13.2. The lowest BCUT2D eigenvalue weighted by Crippen LogP contribution is -2.17. The first kappa shape index (κ1) is 31.6. The second-order valence-corrected chi connectivity index (χ2v) is 15.1. The number of hydrogen-bond acceptors (Lipinski definition) is 5. The Hall–Kier alpha value is -6.95. The maximum atomic E-state index is 4.98. The van der Waals surface area contributed by atoms with Gasteiger partial charge in [-0.05, 0) is 92.3 Å². The van der Waals surface area contributed by atoms with Crippen molar-refractivity contribution in [1.82, 2.24) is 15.0 Å². The van der Waals surface area contributed by atoms with Crippen LogP contribution in [0, 0.1) is 0 Å². The number of benzene rings is 6. The van der Waals surface area contributed by atoms with E-state index >= 15 is 0 Å². The third-order valence-electron chi connectivity index (χ3n) is 10.8. The van der Waals surface area contributed by atoms with Crippen molar-refractivity contribution in [3.05, 3.63) is 193 Å². The van der Waals surface area contributed by atoms with Crippen molar-refractivity contribution in [3.63, 3.8) is 0 Å². The van der Waals surface area contributed by atoms with Crippen LogP contribution in [0.4, 0.5) is 5.69 Å². The molecule has 10 aromatic rings. The Bertz CT molecular complexity index is 3000. The SMILES string of the molecule is c1ccc(-c2cc(-c3ccc(-c4cccc5c4NC(c4cc6ccccc6c6ccccc46)c4sc6ccccc6c4-5)cc3)cc(-c3ccccn3)n2)nc1. The standard InChI is InChI=1S/C50H32N4S/c1-2-13-35-33(12-1)28-41(38-15-4-3-14-37(35)38)49-50-47(39-16-5-6-21-46(39)55-50)40-18-11-17-36(48(40)54-49)32-24-22-31(23-25-32)34-29-44(42-19-7-9-26-51-42)53-45(30-34)43-20-8-10-27-52-43/h1-30,49,54H. The number of fused-ring (bicyclic) bond motifs is 8. The molecule has 1 N–H and O–H groups in total. The Morgan fingerprint density at radius 2 is 1.07 bits per heavy atom. The van der Waals surface area contributed by atoms with Crippen LogP contribution in [-0.4, -0.2) is 15.0 Å². The van der Waals surface area contributed by atoms with Gasteiger partial charge in [0.1, 0.15) is 0 Å². The first-order chi connectivity index (χ1) is 27.3. The fourth-order valence-corrected chi connectivity index (χ4v) is 9.57. The van der Waals surface area contributed by atoms with Gasteiger partial charge in [0.15, 0.2) is 0 Å². The highest BCUT2D eigenvalue weighted by Gasteiger charge is 2.32. The van der Waals surface area contributed by atoms with Crippen LogP contribution >= 0.6 is 11.3 Å². The minimum Gasteiger partial charge on any atom is -0.372 e. The lowest BCUT2D eigenvalue weighted by atomic mass is 9.85. The van der Waals surface area contributed by atoms with E-state index in [1.165, 1.54) is 58.8 Å². The minimum atomic E-state index is -0.0262. The van der Waals surface area contributed by atoms with Gasteiger partial charge in [0.2, 0.25) is 0 Å². The van der Waals surface area contributed by atoms with Gasteiger partial charge in [-0.2, -0.15) is 0 Å². The molecular formula is C50H32N4S. The zero-order valence-corrected chi connectivity index (χ0v) is 30.5. The van der Waals surface area contributed by atoms with Crippen molar-refractivity contribution in [1.29, 1.82) is 0 Å². The monoisotopic (exact) mass is 720 g/mol. The molecule has 0 spiro atoms. The lowest BCUT2D eigenvalue weighted by molar-refractivity contribution is 0.970. The minimum absolute atomic E-state index is 0.0262. The van der Waals surface area contributed by atoms with Crippen LogP contribution in [0.25, 0.3) is 87.8 Å². The molecule has 4 aromatic heterocycles. The zero-order valence-electron chi connectivity index (χ0n) is 29.6. The van der Waals surface area contributed by atoms with Crippen LogP contribution in [-0.2, 0) is 0 Å². The fraction of sp³-hybridized carbons (Fsp3) is 0.0200. The van der Waals surface area contributed by atoms with Gasteiger partial charge in [-0.3, -0.25) is 9.97 Å². The van der Waals surface area contributed by atoms with Crippen LogP contribution in [0.15, 0.2) is 182 Å². The quantitative estimate of drug-likeness (QED) is 0.180. The summed E-state index contributed by atoms with van der Waals surface area (Å²) in [5.74, 6) is 0. The molecule has 6 aromatic carbocycles. The summed E-state index contributed by atoms with van der Waals surface area (Å²) in [5, 5.41) is 10.5. The van der Waals surface area contributed by atoms with Crippen molar-refractivity contribution in [2.24, 2.45) is 0 Å². The van der Waals surface area contributed by atoms with E-state index in [-0.39, 0.29) is 6.04 Å². The molecule has 1 unspecified atom stereocenters. The fourth-order valence-electron chi connectivity index (χ4n) is 8.28. The van der Waals surface area contributed by atoms with Gasteiger partial charge in [-0.25, -0.2) is 4.98 Å². The van der Waals surface area contributed by atoms with Crippen LogP contribution in [0.5, 0.6) is 0 Å². The van der Waals surface area contributed by atoms with Crippen molar-refractivity contribution in [2.45, 2.75) is 6.04 Å². The Morgan fingerprint density at radius 3 is 1.80 bits per heavy atom. The molecule has 1 aliphatic rings. The van der Waals surface area contributed by atoms with E-state index in [1.54, 1.807) is 0 Å². The number of rotatable bonds is 5. The summed E-state index contributed by atoms with van der Waals surface area (Å²) in [7, 11) is 0. The molecule has 5 heteroatoms. The van der Waals surface area contributed by atoms with Crippen LogP contribution < -0.4 is 5.32 Å². The number of nitrogens with one attached hydrogen (secondary N) is 1. The van der Waals surface area contributed by atoms with E-state index in [9.17, 15) is 0 Å². The number of aromatic nitrogens is 3. The molecule has 5 heterocycles. The summed E-state index contributed by atoms with van der Waals surface area (Å²) in [4.78, 5) is 15.6. The maximum absolute atomic E-state index is 4.98. The molecule has 11 rings (SSSR count). The van der Waals surface area contributed by atoms with Crippen molar-refractivity contribution in [2.75, 3.05) is 5.32 Å². The first-order valence-electron chi connectivity index (χ1n) is 18.5. The number of para-hydroxylation sites is 1. The van der Waals surface area contributed by atoms with Gasteiger partial charge in [-0.1, -0.05) is 121 Å². The summed E-state index contributed by atoms with van der Waals surface area (Å²) in [5.41, 5.74) is 12.8. The molecule has 55 heavy (non-hydrogen) atoms. The van der Waals surface area contributed by atoms with E-state index in [4.69, 9.17) is 4.98 Å². The molecule has 0 radical (unpaired) electrons. The Labute approximate surface area is 322 Å². The second-order valence-electron chi connectivity index (χ2n) is 14.0. The van der Waals surface area contributed by atoms with Crippen LogP contribution in [0.1, 0.15) is 16.5 Å². The molecule has 1 aliphatic heterocycles. The summed E-state index contributed by atoms with van der Waals surface area (Å²) < 4.78 is 1.31. The smallest absolute Gasteiger partial charge is 0.0900 e. The maximum Gasteiger partial charge on any atom is 0.0900 e.